The molecule has 0 saturated heterocycles. The van der Waals surface area contributed by atoms with E-state index in [9.17, 15) is 5.11 Å². The van der Waals surface area contributed by atoms with E-state index in [-0.39, 0.29) is 0 Å². The molecule has 0 amide bonds. The molecular formula is C15H25NO. The topological polar surface area (TPSA) is 32.3 Å². The van der Waals surface area contributed by atoms with Gasteiger partial charge in [-0.25, -0.2) is 0 Å². The highest BCUT2D eigenvalue weighted by atomic mass is 16.3. The fourth-order valence-corrected chi connectivity index (χ4v) is 2.05. The Bertz CT molecular complexity index is 336. The minimum atomic E-state index is -0.559. The maximum Gasteiger partial charge on any atom is 0.0766 e. The summed E-state index contributed by atoms with van der Waals surface area (Å²) in [6.07, 6.45) is 1.59. The van der Waals surface area contributed by atoms with Crippen molar-refractivity contribution in [1.29, 1.82) is 0 Å². The maximum absolute atomic E-state index is 10.2. The van der Waals surface area contributed by atoms with Crippen molar-refractivity contribution in [3.63, 3.8) is 0 Å². The summed E-state index contributed by atoms with van der Waals surface area (Å²) in [6, 6.07) is 6.36. The van der Waals surface area contributed by atoms with E-state index >= 15 is 0 Å². The molecule has 1 aromatic carbocycles. The lowest BCUT2D eigenvalue weighted by Crippen LogP contribution is -2.39. The first kappa shape index (κ1) is 14.2. The van der Waals surface area contributed by atoms with Crippen molar-refractivity contribution in [2.45, 2.75) is 52.7 Å². The van der Waals surface area contributed by atoms with Gasteiger partial charge >= 0.3 is 0 Å². The normalized spacial score (nSPS) is 11.8. The summed E-state index contributed by atoms with van der Waals surface area (Å²) in [7, 11) is 0. The lowest BCUT2D eigenvalue weighted by atomic mass is 9.97. The fourth-order valence-electron chi connectivity index (χ4n) is 2.05. The van der Waals surface area contributed by atoms with Crippen molar-refractivity contribution in [3.8, 4) is 0 Å². The summed E-state index contributed by atoms with van der Waals surface area (Å²) < 4.78 is 0. The zero-order valence-electron chi connectivity index (χ0n) is 11.5. The van der Waals surface area contributed by atoms with Crippen molar-refractivity contribution < 1.29 is 5.11 Å². The Morgan fingerprint density at radius 3 is 2.12 bits per heavy atom. The van der Waals surface area contributed by atoms with Crippen molar-refractivity contribution in [2.24, 2.45) is 0 Å². The van der Waals surface area contributed by atoms with Crippen LogP contribution < -0.4 is 5.32 Å². The van der Waals surface area contributed by atoms with Gasteiger partial charge in [0.15, 0.2) is 0 Å². The summed E-state index contributed by atoms with van der Waals surface area (Å²) in [6.45, 7) is 9.83. The van der Waals surface area contributed by atoms with Gasteiger partial charge in [-0.2, -0.15) is 0 Å². The van der Waals surface area contributed by atoms with Crippen LogP contribution in [0, 0.1) is 13.8 Å². The van der Waals surface area contributed by atoms with E-state index in [2.05, 4.69) is 37.4 Å². The number of benzene rings is 1. The van der Waals surface area contributed by atoms with E-state index in [4.69, 9.17) is 0 Å². The van der Waals surface area contributed by atoms with E-state index < -0.39 is 5.60 Å². The summed E-state index contributed by atoms with van der Waals surface area (Å²) in [5.74, 6) is 0. The minimum absolute atomic E-state index is 0.559. The Kier molecular flexibility index (Phi) is 5.16. The molecular weight excluding hydrogens is 210 g/mol. The molecule has 1 aromatic rings. The fraction of sp³-hybridized carbons (Fsp3) is 0.600. The second-order valence-electron chi connectivity index (χ2n) is 4.91. The van der Waals surface area contributed by atoms with Gasteiger partial charge in [-0.15, -0.1) is 0 Å². The molecule has 0 aromatic heterocycles. The Hall–Kier alpha value is -0.860. The van der Waals surface area contributed by atoms with Crippen molar-refractivity contribution in [2.75, 3.05) is 6.54 Å². The molecule has 0 saturated carbocycles. The highest BCUT2D eigenvalue weighted by Gasteiger charge is 2.21. The molecule has 0 atom stereocenters. The van der Waals surface area contributed by atoms with Gasteiger partial charge in [-0.05, 0) is 43.4 Å². The Morgan fingerprint density at radius 2 is 1.65 bits per heavy atom. The lowest BCUT2D eigenvalue weighted by Gasteiger charge is -2.26. The molecule has 0 bridgehead atoms. The van der Waals surface area contributed by atoms with Crippen LogP contribution in [0.2, 0.25) is 0 Å². The Morgan fingerprint density at radius 1 is 1.12 bits per heavy atom. The third kappa shape index (κ3) is 3.83. The zero-order chi connectivity index (χ0) is 12.9. The first-order valence-corrected chi connectivity index (χ1v) is 6.50. The van der Waals surface area contributed by atoms with Gasteiger partial charge in [0.2, 0.25) is 0 Å². The largest absolute Gasteiger partial charge is 0.389 e. The van der Waals surface area contributed by atoms with Gasteiger partial charge in [-0.1, -0.05) is 32.0 Å². The SMILES string of the molecule is CCC(O)(CC)CNCc1c(C)cccc1C. The van der Waals surface area contributed by atoms with Crippen LogP contribution in [0.3, 0.4) is 0 Å². The Labute approximate surface area is 105 Å². The van der Waals surface area contributed by atoms with E-state index in [0.717, 1.165) is 19.4 Å². The van der Waals surface area contributed by atoms with Gasteiger partial charge in [0, 0.05) is 13.1 Å². The summed E-state index contributed by atoms with van der Waals surface area (Å²) in [5.41, 5.74) is 3.42. The van der Waals surface area contributed by atoms with Gasteiger partial charge in [0.05, 0.1) is 5.60 Å². The number of hydrogen-bond donors (Lipinski definition) is 2. The number of aliphatic hydroxyl groups is 1. The van der Waals surface area contributed by atoms with Crippen LogP contribution in [-0.2, 0) is 6.54 Å². The first-order chi connectivity index (χ1) is 8.02. The minimum Gasteiger partial charge on any atom is -0.389 e. The van der Waals surface area contributed by atoms with E-state index in [1.165, 1.54) is 16.7 Å². The third-order valence-corrected chi connectivity index (χ3v) is 3.72. The van der Waals surface area contributed by atoms with Crippen LogP contribution in [0.25, 0.3) is 0 Å². The van der Waals surface area contributed by atoms with Crippen LogP contribution >= 0.6 is 0 Å². The molecule has 2 nitrogen and oxygen atoms in total. The highest BCUT2D eigenvalue weighted by Crippen LogP contribution is 2.15. The van der Waals surface area contributed by atoms with E-state index in [1.807, 2.05) is 13.8 Å². The zero-order valence-corrected chi connectivity index (χ0v) is 11.5. The molecule has 2 heteroatoms. The predicted molar refractivity (Wildman–Crippen MR) is 73.2 cm³/mol. The molecule has 0 aliphatic rings. The number of rotatable bonds is 6. The van der Waals surface area contributed by atoms with Crippen LogP contribution in [0.5, 0.6) is 0 Å². The van der Waals surface area contributed by atoms with E-state index in [1.54, 1.807) is 0 Å². The van der Waals surface area contributed by atoms with Gasteiger partial charge in [0.1, 0.15) is 0 Å². The van der Waals surface area contributed by atoms with Gasteiger partial charge in [-0.3, -0.25) is 0 Å². The van der Waals surface area contributed by atoms with Crippen molar-refractivity contribution in [3.05, 3.63) is 34.9 Å². The second kappa shape index (κ2) is 6.18. The molecule has 0 unspecified atom stereocenters. The van der Waals surface area contributed by atoms with Crippen molar-refractivity contribution in [1.82, 2.24) is 5.32 Å². The molecule has 1 rings (SSSR count). The molecule has 17 heavy (non-hydrogen) atoms. The summed E-state index contributed by atoms with van der Waals surface area (Å²) >= 11 is 0. The molecule has 0 aliphatic carbocycles. The number of nitrogens with one attached hydrogen (secondary N) is 1. The maximum atomic E-state index is 10.2. The average molecular weight is 235 g/mol. The third-order valence-electron chi connectivity index (χ3n) is 3.72. The van der Waals surface area contributed by atoms with Gasteiger partial charge in [0.25, 0.3) is 0 Å². The molecule has 0 radical (unpaired) electrons. The lowest BCUT2D eigenvalue weighted by molar-refractivity contribution is 0.0323. The molecule has 0 aliphatic heterocycles. The van der Waals surface area contributed by atoms with Crippen molar-refractivity contribution >= 4 is 0 Å². The predicted octanol–water partition coefficient (Wildman–Crippen LogP) is 2.94. The molecule has 2 N–H and O–H groups in total. The quantitative estimate of drug-likeness (QED) is 0.794. The second-order valence-corrected chi connectivity index (χ2v) is 4.91. The molecule has 0 spiro atoms. The molecule has 96 valence electrons. The van der Waals surface area contributed by atoms with E-state index in [0.29, 0.717) is 6.54 Å². The average Bonchev–Trinajstić information content (AvgIpc) is 2.32. The number of aryl methyl sites for hydroxylation is 2. The van der Waals surface area contributed by atoms with Gasteiger partial charge < -0.3 is 10.4 Å². The summed E-state index contributed by atoms with van der Waals surface area (Å²) in [5, 5.41) is 13.6. The first-order valence-electron chi connectivity index (χ1n) is 6.50. The van der Waals surface area contributed by atoms with Crippen LogP contribution in [0.15, 0.2) is 18.2 Å². The number of hydrogen-bond acceptors (Lipinski definition) is 2. The standard InChI is InChI=1S/C15H25NO/c1-5-15(17,6-2)11-16-10-14-12(3)8-7-9-13(14)4/h7-9,16-17H,5-6,10-11H2,1-4H3. The Balaban J connectivity index is 2.57. The van der Waals surface area contributed by atoms with Crippen LogP contribution in [-0.4, -0.2) is 17.3 Å². The highest BCUT2D eigenvalue weighted by molar-refractivity contribution is 5.33. The summed E-state index contributed by atoms with van der Waals surface area (Å²) in [4.78, 5) is 0. The molecule has 0 fully saturated rings. The smallest absolute Gasteiger partial charge is 0.0766 e. The van der Waals surface area contributed by atoms with Crippen LogP contribution in [0.4, 0.5) is 0 Å². The monoisotopic (exact) mass is 235 g/mol. The van der Waals surface area contributed by atoms with Crippen LogP contribution in [0.1, 0.15) is 43.4 Å². The molecule has 0 heterocycles.